The van der Waals surface area contributed by atoms with Gasteiger partial charge in [-0.2, -0.15) is 0 Å². The smallest absolute Gasteiger partial charge is 0.262 e. The molecule has 1 heterocycles. The van der Waals surface area contributed by atoms with Crippen LogP contribution in [0.25, 0.3) is 0 Å². The molecule has 2 atom stereocenters. The molecule has 0 saturated heterocycles. The maximum absolute atomic E-state index is 12.5. The number of fused-ring (bicyclic) bond motifs is 1. The fourth-order valence-electron chi connectivity index (χ4n) is 2.72. The molecule has 0 aromatic heterocycles. The van der Waals surface area contributed by atoms with Crippen molar-refractivity contribution in [2.75, 3.05) is 0 Å². The second-order valence-corrected chi connectivity index (χ2v) is 5.23. The average molecular weight is 310 g/mol. The third kappa shape index (κ3) is 2.39. The van der Waals surface area contributed by atoms with E-state index in [9.17, 15) is 19.5 Å². The van der Waals surface area contributed by atoms with Crippen molar-refractivity contribution in [1.82, 2.24) is 4.90 Å². The standard InChI is InChI=1S/C17H14N2O4/c18-15(21)13(14(20)10-6-2-1-3-7-10)19-16(22)11-8-4-5-9-12(11)17(19)23/h1-9,13-14,20H,(H2,18,21)/t13-,14-/m0/s1. The fraction of sp³-hybridized carbons (Fsp3) is 0.118. The van der Waals surface area contributed by atoms with Crippen molar-refractivity contribution in [1.29, 1.82) is 0 Å². The van der Waals surface area contributed by atoms with E-state index in [4.69, 9.17) is 5.73 Å². The second-order valence-electron chi connectivity index (χ2n) is 5.23. The molecule has 0 fully saturated rings. The predicted octanol–water partition coefficient (Wildman–Crippen LogP) is 0.870. The van der Waals surface area contributed by atoms with Gasteiger partial charge in [0.2, 0.25) is 5.91 Å². The minimum absolute atomic E-state index is 0.198. The summed E-state index contributed by atoms with van der Waals surface area (Å²) in [5.74, 6) is -2.22. The van der Waals surface area contributed by atoms with Crippen LogP contribution in [-0.4, -0.2) is 33.8 Å². The molecule has 0 saturated carbocycles. The summed E-state index contributed by atoms with van der Waals surface area (Å²) in [6, 6.07) is 13.1. The number of nitrogens with zero attached hydrogens (tertiary/aromatic N) is 1. The van der Waals surface area contributed by atoms with E-state index in [1.54, 1.807) is 42.5 Å². The highest BCUT2D eigenvalue weighted by molar-refractivity contribution is 6.22. The lowest BCUT2D eigenvalue weighted by Crippen LogP contribution is -2.51. The number of hydrogen-bond donors (Lipinski definition) is 2. The largest absolute Gasteiger partial charge is 0.386 e. The molecule has 3 amide bonds. The number of hydrogen-bond acceptors (Lipinski definition) is 4. The van der Waals surface area contributed by atoms with Crippen molar-refractivity contribution in [2.45, 2.75) is 12.1 Å². The number of nitrogens with two attached hydrogens (primary N) is 1. The number of primary amides is 1. The average Bonchev–Trinajstić information content (AvgIpc) is 2.81. The lowest BCUT2D eigenvalue weighted by Gasteiger charge is -2.27. The van der Waals surface area contributed by atoms with Gasteiger partial charge < -0.3 is 10.8 Å². The molecule has 0 radical (unpaired) electrons. The van der Waals surface area contributed by atoms with Gasteiger partial charge in [-0.1, -0.05) is 42.5 Å². The van der Waals surface area contributed by atoms with Crippen molar-refractivity contribution in [3.8, 4) is 0 Å². The van der Waals surface area contributed by atoms with Crippen LogP contribution in [0.3, 0.4) is 0 Å². The van der Waals surface area contributed by atoms with E-state index < -0.39 is 29.9 Å². The van der Waals surface area contributed by atoms with Gasteiger partial charge in [0.1, 0.15) is 12.1 Å². The van der Waals surface area contributed by atoms with Gasteiger partial charge in [-0.3, -0.25) is 19.3 Å². The number of benzene rings is 2. The third-order valence-electron chi connectivity index (χ3n) is 3.84. The van der Waals surface area contributed by atoms with Crippen LogP contribution in [0.15, 0.2) is 54.6 Å². The van der Waals surface area contributed by atoms with E-state index in [0.29, 0.717) is 5.56 Å². The first-order chi connectivity index (χ1) is 11.0. The lowest BCUT2D eigenvalue weighted by atomic mass is 10.0. The van der Waals surface area contributed by atoms with Crippen molar-refractivity contribution in [2.24, 2.45) is 5.73 Å². The summed E-state index contributed by atoms with van der Waals surface area (Å²) in [6.45, 7) is 0. The third-order valence-corrected chi connectivity index (χ3v) is 3.84. The monoisotopic (exact) mass is 310 g/mol. The molecule has 23 heavy (non-hydrogen) atoms. The van der Waals surface area contributed by atoms with Gasteiger partial charge >= 0.3 is 0 Å². The number of carbonyl (C=O) groups excluding carboxylic acids is 3. The van der Waals surface area contributed by atoms with Gasteiger partial charge in [0, 0.05) is 0 Å². The Bertz CT molecular complexity index is 753. The number of amides is 3. The van der Waals surface area contributed by atoms with Crippen LogP contribution in [-0.2, 0) is 4.79 Å². The van der Waals surface area contributed by atoms with E-state index in [-0.39, 0.29) is 11.1 Å². The molecule has 3 N–H and O–H groups in total. The van der Waals surface area contributed by atoms with Crippen LogP contribution in [0.5, 0.6) is 0 Å². The van der Waals surface area contributed by atoms with E-state index in [0.717, 1.165) is 4.90 Å². The van der Waals surface area contributed by atoms with Crippen molar-refractivity contribution < 1.29 is 19.5 Å². The second kappa shape index (κ2) is 5.66. The lowest BCUT2D eigenvalue weighted by molar-refractivity contribution is -0.125. The first kappa shape index (κ1) is 14.9. The summed E-state index contributed by atoms with van der Waals surface area (Å²) >= 11 is 0. The minimum atomic E-state index is -1.47. The van der Waals surface area contributed by atoms with E-state index in [1.807, 2.05) is 0 Å². The zero-order valence-electron chi connectivity index (χ0n) is 12.0. The highest BCUT2D eigenvalue weighted by atomic mass is 16.3. The summed E-state index contributed by atoms with van der Waals surface area (Å²) < 4.78 is 0. The van der Waals surface area contributed by atoms with Gasteiger partial charge in [0.25, 0.3) is 11.8 Å². The summed E-state index contributed by atoms with van der Waals surface area (Å²) in [6.07, 6.45) is -1.39. The Morgan fingerprint density at radius 2 is 1.39 bits per heavy atom. The normalized spacial score (nSPS) is 16.1. The maximum atomic E-state index is 12.5. The first-order valence-corrected chi connectivity index (χ1v) is 7.01. The van der Waals surface area contributed by atoms with Gasteiger partial charge in [0.05, 0.1) is 11.1 Å². The molecular weight excluding hydrogens is 296 g/mol. The van der Waals surface area contributed by atoms with E-state index in [1.165, 1.54) is 12.1 Å². The Hall–Kier alpha value is -2.99. The van der Waals surface area contributed by atoms with Crippen LogP contribution in [0, 0.1) is 0 Å². The van der Waals surface area contributed by atoms with Crippen LogP contribution in [0.1, 0.15) is 32.4 Å². The highest BCUT2D eigenvalue weighted by Crippen LogP contribution is 2.29. The number of rotatable bonds is 4. The van der Waals surface area contributed by atoms with E-state index in [2.05, 4.69) is 0 Å². The zero-order valence-corrected chi connectivity index (χ0v) is 12.0. The molecule has 2 aromatic rings. The summed E-state index contributed by atoms with van der Waals surface area (Å²) in [4.78, 5) is 37.6. The van der Waals surface area contributed by atoms with Gasteiger partial charge in [-0.25, -0.2) is 0 Å². The highest BCUT2D eigenvalue weighted by Gasteiger charge is 2.45. The Balaban J connectivity index is 2.02. The molecule has 3 rings (SSSR count). The predicted molar refractivity (Wildman–Crippen MR) is 81.3 cm³/mol. The van der Waals surface area contributed by atoms with E-state index >= 15 is 0 Å². The molecule has 0 spiro atoms. The van der Waals surface area contributed by atoms with Crippen molar-refractivity contribution >= 4 is 17.7 Å². The molecule has 1 aliphatic heterocycles. The van der Waals surface area contributed by atoms with Gasteiger partial charge in [0.15, 0.2) is 0 Å². The Kier molecular flexibility index (Phi) is 3.67. The molecule has 6 heteroatoms. The topological polar surface area (TPSA) is 101 Å². The minimum Gasteiger partial charge on any atom is -0.386 e. The van der Waals surface area contributed by atoms with Crippen LogP contribution in [0.2, 0.25) is 0 Å². The number of aliphatic hydroxyl groups excluding tert-OH is 1. The van der Waals surface area contributed by atoms with Crippen LogP contribution < -0.4 is 5.73 Å². The summed E-state index contributed by atoms with van der Waals surface area (Å²) in [5.41, 5.74) is 6.16. The molecule has 1 aliphatic rings. The molecule has 0 aliphatic carbocycles. The summed E-state index contributed by atoms with van der Waals surface area (Å²) in [5, 5.41) is 10.5. The van der Waals surface area contributed by atoms with Crippen LogP contribution >= 0.6 is 0 Å². The van der Waals surface area contributed by atoms with Gasteiger partial charge in [-0.05, 0) is 17.7 Å². The molecule has 6 nitrogen and oxygen atoms in total. The number of carbonyl (C=O) groups is 3. The van der Waals surface area contributed by atoms with Crippen molar-refractivity contribution in [3.05, 3.63) is 71.3 Å². The first-order valence-electron chi connectivity index (χ1n) is 7.01. The van der Waals surface area contributed by atoms with Crippen LogP contribution in [0.4, 0.5) is 0 Å². The number of aliphatic hydroxyl groups is 1. The quantitative estimate of drug-likeness (QED) is 0.818. The molecular formula is C17H14N2O4. The zero-order chi connectivity index (χ0) is 16.6. The number of imide groups is 1. The molecule has 0 unspecified atom stereocenters. The fourth-order valence-corrected chi connectivity index (χ4v) is 2.72. The summed E-state index contributed by atoms with van der Waals surface area (Å²) in [7, 11) is 0. The van der Waals surface area contributed by atoms with Gasteiger partial charge in [-0.15, -0.1) is 0 Å². The SMILES string of the molecule is NC(=O)[C@H]([C@@H](O)c1ccccc1)N1C(=O)c2ccccc2C1=O. The Labute approximate surface area is 132 Å². The Morgan fingerprint density at radius 3 is 1.87 bits per heavy atom. The molecule has 0 bridgehead atoms. The maximum Gasteiger partial charge on any atom is 0.262 e. The Morgan fingerprint density at radius 1 is 0.913 bits per heavy atom. The molecule has 116 valence electrons. The molecule has 2 aromatic carbocycles. The van der Waals surface area contributed by atoms with Crippen molar-refractivity contribution in [3.63, 3.8) is 0 Å².